The maximum Gasteiger partial charge on any atom is 0.126 e. The second kappa shape index (κ2) is 2.36. The fourth-order valence-corrected chi connectivity index (χ4v) is 1.99. The summed E-state index contributed by atoms with van der Waals surface area (Å²) in [6.45, 7) is 4.23. The lowest BCUT2D eigenvalue weighted by atomic mass is 10.1. The first-order valence-electron chi connectivity index (χ1n) is 4.52. The highest BCUT2D eigenvalue weighted by molar-refractivity contribution is 5.30. The third-order valence-corrected chi connectivity index (χ3v) is 2.93. The summed E-state index contributed by atoms with van der Waals surface area (Å²) in [5.74, 6) is 1.62. The summed E-state index contributed by atoms with van der Waals surface area (Å²) >= 11 is 0. The normalized spacial score (nSPS) is 33.8. The number of rotatable bonds is 2. The van der Waals surface area contributed by atoms with Crippen LogP contribution in [0.2, 0.25) is 0 Å². The predicted octanol–water partition coefficient (Wildman–Crippen LogP) is 2.17. The average molecular weight is 165 g/mol. The predicted molar refractivity (Wildman–Crippen MR) is 47.7 cm³/mol. The molecule has 1 saturated carbocycles. The summed E-state index contributed by atoms with van der Waals surface area (Å²) in [7, 11) is 0. The number of nitrogens with two attached hydrogens (primary N) is 1. The Labute approximate surface area is 72.7 Å². The van der Waals surface area contributed by atoms with Crippen molar-refractivity contribution >= 4 is 0 Å². The summed E-state index contributed by atoms with van der Waals surface area (Å²) in [6, 6.07) is 1.98. The monoisotopic (exact) mass is 165 g/mol. The van der Waals surface area contributed by atoms with Crippen molar-refractivity contribution in [1.82, 2.24) is 0 Å². The highest BCUT2D eigenvalue weighted by Gasteiger charge is 2.53. The zero-order valence-corrected chi connectivity index (χ0v) is 7.63. The summed E-state index contributed by atoms with van der Waals surface area (Å²) < 4.78 is 5.40. The quantitative estimate of drug-likeness (QED) is 0.729. The number of hydrogen-bond donors (Lipinski definition) is 1. The molecular weight excluding hydrogens is 150 g/mol. The van der Waals surface area contributed by atoms with Gasteiger partial charge in [-0.1, -0.05) is 13.3 Å². The summed E-state index contributed by atoms with van der Waals surface area (Å²) in [5, 5.41) is 0. The van der Waals surface area contributed by atoms with Crippen LogP contribution in [-0.4, -0.2) is 0 Å². The van der Waals surface area contributed by atoms with Gasteiger partial charge in [-0.25, -0.2) is 0 Å². The van der Waals surface area contributed by atoms with E-state index < -0.39 is 0 Å². The van der Waals surface area contributed by atoms with E-state index in [9.17, 15) is 0 Å². The van der Waals surface area contributed by atoms with E-state index in [1.807, 2.05) is 6.07 Å². The van der Waals surface area contributed by atoms with E-state index in [4.69, 9.17) is 10.2 Å². The van der Waals surface area contributed by atoms with Gasteiger partial charge in [-0.15, -0.1) is 0 Å². The Morgan fingerprint density at radius 3 is 2.92 bits per heavy atom. The minimum atomic E-state index is -0.137. The molecule has 1 aromatic heterocycles. The Morgan fingerprint density at radius 2 is 2.50 bits per heavy atom. The Kier molecular flexibility index (Phi) is 1.55. The van der Waals surface area contributed by atoms with Crippen LogP contribution in [0.4, 0.5) is 0 Å². The molecule has 2 unspecified atom stereocenters. The molecule has 0 amide bonds. The van der Waals surface area contributed by atoms with E-state index in [-0.39, 0.29) is 5.54 Å². The standard InChI is InChI=1S/C10H15NO/c1-3-8-6-10(8,11)9-7(2)4-5-12-9/h4-5,8H,3,6,11H2,1-2H3. The van der Waals surface area contributed by atoms with Crippen LogP contribution < -0.4 is 5.73 Å². The van der Waals surface area contributed by atoms with Gasteiger partial charge in [-0.3, -0.25) is 0 Å². The van der Waals surface area contributed by atoms with Crippen molar-refractivity contribution in [3.63, 3.8) is 0 Å². The smallest absolute Gasteiger partial charge is 0.126 e. The molecule has 2 nitrogen and oxygen atoms in total. The van der Waals surface area contributed by atoms with Gasteiger partial charge >= 0.3 is 0 Å². The number of furan rings is 1. The molecule has 12 heavy (non-hydrogen) atoms. The molecular formula is C10H15NO. The molecule has 1 heterocycles. The van der Waals surface area contributed by atoms with Crippen LogP contribution in [0.5, 0.6) is 0 Å². The Morgan fingerprint density at radius 1 is 1.75 bits per heavy atom. The second-order valence-corrected chi connectivity index (χ2v) is 3.78. The molecule has 1 aromatic rings. The number of hydrogen-bond acceptors (Lipinski definition) is 2. The fraction of sp³-hybridized carbons (Fsp3) is 0.600. The van der Waals surface area contributed by atoms with Crippen molar-refractivity contribution in [2.75, 3.05) is 0 Å². The van der Waals surface area contributed by atoms with Crippen molar-refractivity contribution in [2.45, 2.75) is 32.2 Å². The zero-order chi connectivity index (χ0) is 8.77. The highest BCUT2D eigenvalue weighted by Crippen LogP contribution is 2.52. The Balaban J connectivity index is 2.27. The van der Waals surface area contributed by atoms with E-state index >= 15 is 0 Å². The lowest BCUT2D eigenvalue weighted by Gasteiger charge is -2.08. The van der Waals surface area contributed by atoms with Gasteiger partial charge in [0.1, 0.15) is 5.76 Å². The van der Waals surface area contributed by atoms with Gasteiger partial charge in [0.15, 0.2) is 0 Å². The first-order chi connectivity index (χ1) is 5.68. The van der Waals surface area contributed by atoms with Crippen LogP contribution in [0.1, 0.15) is 31.1 Å². The van der Waals surface area contributed by atoms with Crippen LogP contribution in [-0.2, 0) is 5.54 Å². The van der Waals surface area contributed by atoms with Gasteiger partial charge < -0.3 is 10.2 Å². The molecule has 1 aliphatic rings. The summed E-state index contributed by atoms with van der Waals surface area (Å²) in [4.78, 5) is 0. The van der Waals surface area contributed by atoms with Crippen molar-refractivity contribution in [2.24, 2.45) is 11.7 Å². The molecule has 66 valence electrons. The molecule has 0 aliphatic heterocycles. The number of aryl methyl sites for hydroxylation is 1. The molecule has 0 spiro atoms. The van der Waals surface area contributed by atoms with E-state index in [0.717, 1.165) is 18.6 Å². The zero-order valence-electron chi connectivity index (χ0n) is 7.63. The van der Waals surface area contributed by atoms with Gasteiger partial charge in [0.25, 0.3) is 0 Å². The lowest BCUT2D eigenvalue weighted by Crippen LogP contribution is -2.22. The minimum absolute atomic E-state index is 0.137. The third kappa shape index (κ3) is 0.911. The molecule has 0 radical (unpaired) electrons. The second-order valence-electron chi connectivity index (χ2n) is 3.78. The van der Waals surface area contributed by atoms with Crippen LogP contribution in [0, 0.1) is 12.8 Å². The summed E-state index contributed by atoms with van der Waals surface area (Å²) in [6.07, 6.45) is 3.96. The summed E-state index contributed by atoms with van der Waals surface area (Å²) in [5.41, 5.74) is 7.23. The van der Waals surface area contributed by atoms with Crippen molar-refractivity contribution in [1.29, 1.82) is 0 Å². The van der Waals surface area contributed by atoms with Crippen LogP contribution in [0.25, 0.3) is 0 Å². The molecule has 2 N–H and O–H groups in total. The fourth-order valence-electron chi connectivity index (χ4n) is 1.99. The molecule has 0 bridgehead atoms. The molecule has 1 fully saturated rings. The maximum absolute atomic E-state index is 6.17. The molecule has 2 rings (SSSR count). The first-order valence-corrected chi connectivity index (χ1v) is 4.52. The van der Waals surface area contributed by atoms with Crippen molar-refractivity contribution in [3.8, 4) is 0 Å². The third-order valence-electron chi connectivity index (χ3n) is 2.93. The largest absolute Gasteiger partial charge is 0.467 e. The highest BCUT2D eigenvalue weighted by atomic mass is 16.3. The van der Waals surface area contributed by atoms with E-state index in [2.05, 4.69) is 13.8 Å². The lowest BCUT2D eigenvalue weighted by molar-refractivity contribution is 0.431. The SMILES string of the molecule is CCC1CC1(N)c1occc1C. The minimum Gasteiger partial charge on any atom is -0.467 e. The first kappa shape index (κ1) is 7.87. The van der Waals surface area contributed by atoms with E-state index in [1.165, 1.54) is 5.56 Å². The molecule has 0 saturated heterocycles. The van der Waals surface area contributed by atoms with Crippen molar-refractivity contribution < 1.29 is 4.42 Å². The topological polar surface area (TPSA) is 39.2 Å². The van der Waals surface area contributed by atoms with Crippen molar-refractivity contribution in [3.05, 3.63) is 23.7 Å². The molecule has 2 heteroatoms. The van der Waals surface area contributed by atoms with Crippen LogP contribution >= 0.6 is 0 Å². The van der Waals surface area contributed by atoms with Crippen LogP contribution in [0.3, 0.4) is 0 Å². The van der Waals surface area contributed by atoms with Gasteiger partial charge in [-0.2, -0.15) is 0 Å². The van der Waals surface area contributed by atoms with E-state index in [1.54, 1.807) is 6.26 Å². The van der Waals surface area contributed by atoms with Gasteiger partial charge in [-0.05, 0) is 30.9 Å². The maximum atomic E-state index is 6.17. The van der Waals surface area contributed by atoms with Crippen LogP contribution in [0.15, 0.2) is 16.7 Å². The molecule has 0 aromatic carbocycles. The van der Waals surface area contributed by atoms with Gasteiger partial charge in [0.05, 0.1) is 11.8 Å². The van der Waals surface area contributed by atoms with Gasteiger partial charge in [0, 0.05) is 0 Å². The Hall–Kier alpha value is -0.760. The Bertz CT molecular complexity index is 292. The molecule has 2 atom stereocenters. The van der Waals surface area contributed by atoms with Gasteiger partial charge in [0.2, 0.25) is 0 Å². The average Bonchev–Trinajstić information content (AvgIpc) is 2.50. The van der Waals surface area contributed by atoms with E-state index in [0.29, 0.717) is 5.92 Å². The molecule has 1 aliphatic carbocycles.